The van der Waals surface area contributed by atoms with Crippen molar-refractivity contribution in [2.45, 2.75) is 13.8 Å². The molecule has 0 aliphatic rings. The number of rotatable bonds is 7. The summed E-state index contributed by atoms with van der Waals surface area (Å²) in [6.07, 6.45) is 2.13. The minimum atomic E-state index is 0.0535. The zero-order valence-electron chi connectivity index (χ0n) is 16.1. The van der Waals surface area contributed by atoms with Gasteiger partial charge in [-0.2, -0.15) is 0 Å². The van der Waals surface area contributed by atoms with E-state index in [0.717, 1.165) is 23.2 Å². The van der Waals surface area contributed by atoms with E-state index in [1.54, 1.807) is 12.1 Å². The number of benzene rings is 2. The average molecular weight is 352 g/mol. The van der Waals surface area contributed by atoms with Gasteiger partial charge in [0.05, 0.1) is 0 Å². The van der Waals surface area contributed by atoms with Gasteiger partial charge in [-0.3, -0.25) is 4.79 Å². The topological polar surface area (TPSA) is 43.8 Å². The SMILES string of the molecule is CCN(CC)C(=O)c1ccc(/C(=C/CN(C)C)c2cccc(O)c2)cc1. The van der Waals surface area contributed by atoms with Crippen LogP contribution >= 0.6 is 0 Å². The van der Waals surface area contributed by atoms with Crippen LogP contribution in [0, 0.1) is 0 Å². The molecule has 4 nitrogen and oxygen atoms in total. The van der Waals surface area contributed by atoms with Crippen molar-refractivity contribution in [3.05, 3.63) is 71.3 Å². The number of carbonyl (C=O) groups excluding carboxylic acids is 1. The molecular formula is C22H28N2O2. The van der Waals surface area contributed by atoms with Crippen LogP contribution < -0.4 is 0 Å². The molecule has 1 N–H and O–H groups in total. The van der Waals surface area contributed by atoms with E-state index in [1.165, 1.54) is 0 Å². The third kappa shape index (κ3) is 4.96. The number of likely N-dealkylation sites (N-methyl/N-ethyl adjacent to an activating group) is 1. The molecule has 2 aromatic carbocycles. The maximum Gasteiger partial charge on any atom is 0.253 e. The molecule has 2 rings (SSSR count). The Bertz CT molecular complexity index is 760. The number of nitrogens with zero attached hydrogens (tertiary/aromatic N) is 2. The zero-order valence-corrected chi connectivity index (χ0v) is 16.1. The molecule has 138 valence electrons. The number of amides is 1. The molecule has 0 bridgehead atoms. The molecule has 0 spiro atoms. The highest BCUT2D eigenvalue weighted by Crippen LogP contribution is 2.26. The molecule has 0 fully saturated rings. The van der Waals surface area contributed by atoms with Gasteiger partial charge >= 0.3 is 0 Å². The summed E-state index contributed by atoms with van der Waals surface area (Å²) in [7, 11) is 4.03. The van der Waals surface area contributed by atoms with Crippen LogP contribution in [0.15, 0.2) is 54.6 Å². The van der Waals surface area contributed by atoms with E-state index in [4.69, 9.17) is 0 Å². The number of phenols is 1. The molecule has 0 radical (unpaired) electrons. The molecule has 0 saturated heterocycles. The zero-order chi connectivity index (χ0) is 19.1. The smallest absolute Gasteiger partial charge is 0.253 e. The fourth-order valence-electron chi connectivity index (χ4n) is 2.84. The highest BCUT2D eigenvalue weighted by atomic mass is 16.3. The van der Waals surface area contributed by atoms with Crippen LogP contribution in [-0.4, -0.2) is 54.5 Å². The van der Waals surface area contributed by atoms with Gasteiger partial charge in [-0.05, 0) is 68.9 Å². The van der Waals surface area contributed by atoms with E-state index in [9.17, 15) is 9.90 Å². The summed E-state index contributed by atoms with van der Waals surface area (Å²) in [4.78, 5) is 16.4. The van der Waals surface area contributed by atoms with Gasteiger partial charge in [-0.25, -0.2) is 0 Å². The Kier molecular flexibility index (Phi) is 6.98. The van der Waals surface area contributed by atoms with Crippen molar-refractivity contribution < 1.29 is 9.90 Å². The molecule has 0 saturated carbocycles. The van der Waals surface area contributed by atoms with Crippen molar-refractivity contribution in [2.24, 2.45) is 0 Å². The van der Waals surface area contributed by atoms with Crippen LogP contribution in [-0.2, 0) is 0 Å². The Hall–Kier alpha value is -2.59. The van der Waals surface area contributed by atoms with Crippen molar-refractivity contribution in [2.75, 3.05) is 33.7 Å². The van der Waals surface area contributed by atoms with Crippen molar-refractivity contribution >= 4 is 11.5 Å². The van der Waals surface area contributed by atoms with Crippen LogP contribution in [0.1, 0.15) is 35.3 Å². The second kappa shape index (κ2) is 9.20. The predicted octanol–water partition coefficient (Wildman–Crippen LogP) is 3.87. The van der Waals surface area contributed by atoms with Crippen LogP contribution in [0.3, 0.4) is 0 Å². The lowest BCUT2D eigenvalue weighted by atomic mass is 9.96. The molecule has 4 heteroatoms. The lowest BCUT2D eigenvalue weighted by Crippen LogP contribution is -2.30. The number of phenolic OH excluding ortho intramolecular Hbond substituents is 1. The van der Waals surface area contributed by atoms with E-state index < -0.39 is 0 Å². The van der Waals surface area contributed by atoms with Gasteiger partial charge in [0.15, 0.2) is 0 Å². The van der Waals surface area contributed by atoms with Gasteiger partial charge in [0.2, 0.25) is 0 Å². The first-order valence-corrected chi connectivity index (χ1v) is 9.00. The van der Waals surface area contributed by atoms with Gasteiger partial charge in [0.1, 0.15) is 5.75 Å². The molecule has 0 unspecified atom stereocenters. The molecule has 0 aliphatic carbocycles. The monoisotopic (exact) mass is 352 g/mol. The van der Waals surface area contributed by atoms with Crippen LogP contribution in [0.2, 0.25) is 0 Å². The van der Waals surface area contributed by atoms with Crippen molar-refractivity contribution in [3.63, 3.8) is 0 Å². The molecule has 26 heavy (non-hydrogen) atoms. The van der Waals surface area contributed by atoms with Gasteiger partial charge in [-0.15, -0.1) is 0 Å². The third-order valence-corrected chi connectivity index (χ3v) is 4.31. The lowest BCUT2D eigenvalue weighted by molar-refractivity contribution is 0.0773. The molecule has 0 aromatic heterocycles. The fourth-order valence-corrected chi connectivity index (χ4v) is 2.84. The summed E-state index contributed by atoms with van der Waals surface area (Å²) in [6.45, 7) is 6.16. The van der Waals surface area contributed by atoms with Crippen molar-refractivity contribution in [1.82, 2.24) is 9.80 Å². The summed E-state index contributed by atoms with van der Waals surface area (Å²) in [5.74, 6) is 0.296. The van der Waals surface area contributed by atoms with Crippen LogP contribution in [0.25, 0.3) is 5.57 Å². The Morgan fingerprint density at radius 2 is 1.58 bits per heavy atom. The molecule has 1 amide bonds. The number of carbonyl (C=O) groups is 1. The molecule has 0 heterocycles. The van der Waals surface area contributed by atoms with E-state index in [2.05, 4.69) is 11.0 Å². The fraction of sp³-hybridized carbons (Fsp3) is 0.318. The van der Waals surface area contributed by atoms with Gasteiger partial charge in [0.25, 0.3) is 5.91 Å². The highest BCUT2D eigenvalue weighted by Gasteiger charge is 2.13. The van der Waals surface area contributed by atoms with E-state index in [-0.39, 0.29) is 11.7 Å². The second-order valence-corrected chi connectivity index (χ2v) is 6.49. The largest absolute Gasteiger partial charge is 0.508 e. The third-order valence-electron chi connectivity index (χ3n) is 4.31. The molecule has 0 aliphatic heterocycles. The predicted molar refractivity (Wildman–Crippen MR) is 107 cm³/mol. The van der Waals surface area contributed by atoms with Gasteiger partial charge < -0.3 is 14.9 Å². The Labute approximate surface area is 156 Å². The normalized spacial score (nSPS) is 11.7. The minimum absolute atomic E-state index is 0.0535. The number of aromatic hydroxyl groups is 1. The minimum Gasteiger partial charge on any atom is -0.508 e. The van der Waals surface area contributed by atoms with E-state index >= 15 is 0 Å². The Morgan fingerprint density at radius 3 is 2.12 bits per heavy atom. The van der Waals surface area contributed by atoms with E-state index in [0.29, 0.717) is 18.7 Å². The maximum absolute atomic E-state index is 12.5. The number of hydrogen-bond donors (Lipinski definition) is 1. The van der Waals surface area contributed by atoms with Crippen LogP contribution in [0.4, 0.5) is 0 Å². The first-order valence-electron chi connectivity index (χ1n) is 9.00. The first kappa shape index (κ1) is 19.7. The first-order chi connectivity index (χ1) is 12.5. The number of hydrogen-bond acceptors (Lipinski definition) is 3. The van der Waals surface area contributed by atoms with E-state index in [1.807, 2.05) is 69.2 Å². The van der Waals surface area contributed by atoms with Crippen LogP contribution in [0.5, 0.6) is 5.75 Å². The van der Waals surface area contributed by atoms with Crippen molar-refractivity contribution in [1.29, 1.82) is 0 Å². The van der Waals surface area contributed by atoms with Crippen molar-refractivity contribution in [3.8, 4) is 5.75 Å². The quantitative estimate of drug-likeness (QED) is 0.823. The Balaban J connectivity index is 2.37. The molecule has 2 aromatic rings. The summed E-state index contributed by atoms with van der Waals surface area (Å²) in [5.41, 5.74) is 3.71. The summed E-state index contributed by atoms with van der Waals surface area (Å²) in [5, 5.41) is 9.83. The van der Waals surface area contributed by atoms with Gasteiger partial charge in [-0.1, -0.05) is 30.3 Å². The summed E-state index contributed by atoms with van der Waals surface area (Å²) >= 11 is 0. The molecular weight excluding hydrogens is 324 g/mol. The second-order valence-electron chi connectivity index (χ2n) is 6.49. The maximum atomic E-state index is 12.5. The lowest BCUT2D eigenvalue weighted by Gasteiger charge is -2.19. The standard InChI is InChI=1S/C22H28N2O2/c1-5-24(6-2)22(26)18-12-10-17(11-13-18)21(14-15-23(3)4)19-8-7-9-20(25)16-19/h7-14,16,25H,5-6,15H2,1-4H3/b21-14-. The molecule has 0 atom stereocenters. The Morgan fingerprint density at radius 1 is 0.962 bits per heavy atom. The van der Waals surface area contributed by atoms with Gasteiger partial charge in [0, 0.05) is 25.2 Å². The highest BCUT2D eigenvalue weighted by molar-refractivity contribution is 5.94. The summed E-state index contributed by atoms with van der Waals surface area (Å²) < 4.78 is 0. The summed E-state index contributed by atoms with van der Waals surface area (Å²) in [6, 6.07) is 15.0. The average Bonchev–Trinajstić information content (AvgIpc) is 2.63.